The molecular formula is C6H10N2O2. The molecule has 0 atom stereocenters. The molecule has 0 amide bonds. The van der Waals surface area contributed by atoms with Crippen molar-refractivity contribution in [1.29, 1.82) is 0 Å². The Labute approximate surface area is 59.4 Å². The molecule has 0 bridgehead atoms. The smallest absolute Gasteiger partial charge is 0.340 e. The van der Waals surface area contributed by atoms with Gasteiger partial charge in [0.1, 0.15) is 0 Å². The fourth-order valence-corrected chi connectivity index (χ4v) is 0.421. The SMILES string of the molecule is CN=C/C(=C\N)C(=O)OC. The Morgan fingerprint density at radius 1 is 1.70 bits per heavy atom. The minimum atomic E-state index is -0.479. The van der Waals surface area contributed by atoms with Crippen molar-refractivity contribution in [1.82, 2.24) is 0 Å². The van der Waals surface area contributed by atoms with Crippen LogP contribution in [-0.2, 0) is 9.53 Å². The zero-order valence-electron chi connectivity index (χ0n) is 6.00. The number of carbonyl (C=O) groups excluding carboxylic acids is 1. The second kappa shape index (κ2) is 4.55. The summed E-state index contributed by atoms with van der Waals surface area (Å²) in [4.78, 5) is 14.3. The highest BCUT2D eigenvalue weighted by molar-refractivity contribution is 6.09. The summed E-state index contributed by atoms with van der Waals surface area (Å²) in [6.45, 7) is 0. The highest BCUT2D eigenvalue weighted by atomic mass is 16.5. The van der Waals surface area contributed by atoms with Crippen LogP contribution in [0, 0.1) is 0 Å². The van der Waals surface area contributed by atoms with Gasteiger partial charge in [0.15, 0.2) is 0 Å². The number of hydrogen-bond donors (Lipinski definition) is 1. The zero-order chi connectivity index (χ0) is 7.98. The van der Waals surface area contributed by atoms with E-state index >= 15 is 0 Å². The molecule has 0 rings (SSSR count). The third kappa shape index (κ3) is 2.30. The predicted octanol–water partition coefficient (Wildman–Crippen LogP) is -0.297. The Morgan fingerprint density at radius 2 is 2.30 bits per heavy atom. The van der Waals surface area contributed by atoms with Gasteiger partial charge in [0.25, 0.3) is 0 Å². The Morgan fingerprint density at radius 3 is 2.60 bits per heavy atom. The van der Waals surface area contributed by atoms with Crippen molar-refractivity contribution < 1.29 is 9.53 Å². The van der Waals surface area contributed by atoms with E-state index in [9.17, 15) is 4.79 Å². The molecule has 0 spiro atoms. The Kier molecular flexibility index (Phi) is 3.95. The third-order valence-electron chi connectivity index (χ3n) is 0.869. The lowest BCUT2D eigenvalue weighted by atomic mass is 10.3. The second-order valence-corrected chi connectivity index (χ2v) is 1.50. The van der Waals surface area contributed by atoms with E-state index < -0.39 is 5.97 Å². The summed E-state index contributed by atoms with van der Waals surface area (Å²) in [5, 5.41) is 0. The maximum atomic E-state index is 10.7. The number of carbonyl (C=O) groups is 1. The Hall–Kier alpha value is -1.32. The van der Waals surface area contributed by atoms with E-state index in [0.717, 1.165) is 6.20 Å². The summed E-state index contributed by atoms with van der Waals surface area (Å²) in [6.07, 6.45) is 2.49. The molecule has 0 saturated heterocycles. The van der Waals surface area contributed by atoms with Gasteiger partial charge in [-0.3, -0.25) is 4.99 Å². The van der Waals surface area contributed by atoms with Crippen molar-refractivity contribution >= 4 is 12.2 Å². The van der Waals surface area contributed by atoms with Gasteiger partial charge in [-0.2, -0.15) is 0 Å². The van der Waals surface area contributed by atoms with Gasteiger partial charge in [-0.05, 0) is 0 Å². The van der Waals surface area contributed by atoms with Gasteiger partial charge < -0.3 is 10.5 Å². The fourth-order valence-electron chi connectivity index (χ4n) is 0.421. The number of aliphatic imine (C=N–C) groups is 1. The van der Waals surface area contributed by atoms with Crippen molar-refractivity contribution in [3.05, 3.63) is 11.8 Å². The minimum Gasteiger partial charge on any atom is -0.465 e. The molecule has 0 heterocycles. The lowest BCUT2D eigenvalue weighted by Crippen LogP contribution is -2.07. The van der Waals surface area contributed by atoms with Crippen molar-refractivity contribution in [2.45, 2.75) is 0 Å². The average Bonchev–Trinajstić information content (AvgIpc) is 1.99. The molecule has 0 aliphatic rings. The normalized spacial score (nSPS) is 12.0. The van der Waals surface area contributed by atoms with Gasteiger partial charge >= 0.3 is 5.97 Å². The highest BCUT2D eigenvalue weighted by Crippen LogP contribution is 1.89. The number of rotatable bonds is 2. The lowest BCUT2D eigenvalue weighted by Gasteiger charge is -1.95. The molecule has 10 heavy (non-hydrogen) atoms. The zero-order valence-corrected chi connectivity index (χ0v) is 6.00. The third-order valence-corrected chi connectivity index (χ3v) is 0.869. The molecule has 0 aliphatic carbocycles. The number of esters is 1. The molecule has 0 aliphatic heterocycles. The van der Waals surface area contributed by atoms with Gasteiger partial charge in [0.05, 0.1) is 12.7 Å². The van der Waals surface area contributed by atoms with Crippen LogP contribution < -0.4 is 5.73 Å². The topological polar surface area (TPSA) is 64.7 Å². The standard InChI is InChI=1S/C6H10N2O2/c1-8-4-5(3-7)6(9)10-2/h3-4H,7H2,1-2H3/b5-3+,8-4?. The summed E-state index contributed by atoms with van der Waals surface area (Å²) in [5.74, 6) is -0.479. The molecule has 0 radical (unpaired) electrons. The summed E-state index contributed by atoms with van der Waals surface area (Å²) in [7, 11) is 2.84. The van der Waals surface area contributed by atoms with Crippen LogP contribution in [0.25, 0.3) is 0 Å². The van der Waals surface area contributed by atoms with Gasteiger partial charge in [-0.1, -0.05) is 0 Å². The Balaban J connectivity index is 4.23. The van der Waals surface area contributed by atoms with Crippen LogP contribution >= 0.6 is 0 Å². The van der Waals surface area contributed by atoms with E-state index in [1.54, 1.807) is 7.05 Å². The first-order valence-corrected chi connectivity index (χ1v) is 2.68. The maximum Gasteiger partial charge on any atom is 0.340 e. The fraction of sp³-hybridized carbons (Fsp3) is 0.333. The number of nitrogens with zero attached hydrogens (tertiary/aromatic N) is 1. The molecular weight excluding hydrogens is 132 g/mol. The maximum absolute atomic E-state index is 10.7. The van der Waals surface area contributed by atoms with E-state index in [1.807, 2.05) is 0 Å². The van der Waals surface area contributed by atoms with Crippen LogP contribution in [0.1, 0.15) is 0 Å². The van der Waals surface area contributed by atoms with Crippen LogP contribution in [0.2, 0.25) is 0 Å². The van der Waals surface area contributed by atoms with Crippen molar-refractivity contribution in [3.63, 3.8) is 0 Å². The number of nitrogens with two attached hydrogens (primary N) is 1. The second-order valence-electron chi connectivity index (χ2n) is 1.50. The van der Waals surface area contributed by atoms with Crippen molar-refractivity contribution in [2.75, 3.05) is 14.2 Å². The number of hydrogen-bond acceptors (Lipinski definition) is 4. The largest absolute Gasteiger partial charge is 0.465 e. The quantitative estimate of drug-likeness (QED) is 0.327. The molecule has 4 heteroatoms. The molecule has 56 valence electrons. The molecule has 2 N–H and O–H groups in total. The van der Waals surface area contributed by atoms with Crippen LogP contribution in [0.5, 0.6) is 0 Å². The monoisotopic (exact) mass is 142 g/mol. The molecule has 0 unspecified atom stereocenters. The molecule has 0 fully saturated rings. The summed E-state index contributed by atoms with van der Waals surface area (Å²) in [6, 6.07) is 0. The molecule has 0 saturated carbocycles. The summed E-state index contributed by atoms with van der Waals surface area (Å²) in [5.41, 5.74) is 5.34. The first-order chi connectivity index (χ1) is 4.76. The first kappa shape index (κ1) is 8.68. The minimum absolute atomic E-state index is 0.255. The van der Waals surface area contributed by atoms with Crippen LogP contribution in [0.3, 0.4) is 0 Å². The lowest BCUT2D eigenvalue weighted by molar-refractivity contribution is -0.135. The van der Waals surface area contributed by atoms with Gasteiger partial charge in [0.2, 0.25) is 0 Å². The van der Waals surface area contributed by atoms with Crippen LogP contribution in [0.15, 0.2) is 16.8 Å². The predicted molar refractivity (Wildman–Crippen MR) is 38.7 cm³/mol. The van der Waals surface area contributed by atoms with Gasteiger partial charge in [-0.15, -0.1) is 0 Å². The molecule has 0 aromatic heterocycles. The van der Waals surface area contributed by atoms with E-state index in [0.29, 0.717) is 0 Å². The van der Waals surface area contributed by atoms with Crippen LogP contribution in [0.4, 0.5) is 0 Å². The average molecular weight is 142 g/mol. The van der Waals surface area contributed by atoms with Gasteiger partial charge in [-0.25, -0.2) is 4.79 Å². The van der Waals surface area contributed by atoms with E-state index in [-0.39, 0.29) is 5.57 Å². The number of ether oxygens (including phenoxy) is 1. The molecule has 0 aromatic carbocycles. The molecule has 0 aromatic rings. The summed E-state index contributed by atoms with van der Waals surface area (Å²) < 4.78 is 4.38. The van der Waals surface area contributed by atoms with Crippen molar-refractivity contribution in [2.24, 2.45) is 10.7 Å². The highest BCUT2D eigenvalue weighted by Gasteiger charge is 2.03. The van der Waals surface area contributed by atoms with E-state index in [4.69, 9.17) is 5.73 Å². The first-order valence-electron chi connectivity index (χ1n) is 2.68. The molecule has 4 nitrogen and oxygen atoms in total. The van der Waals surface area contributed by atoms with E-state index in [2.05, 4.69) is 9.73 Å². The van der Waals surface area contributed by atoms with E-state index in [1.165, 1.54) is 13.3 Å². The Bertz CT molecular complexity index is 173. The number of methoxy groups -OCH3 is 1. The van der Waals surface area contributed by atoms with Crippen LogP contribution in [-0.4, -0.2) is 26.3 Å². The van der Waals surface area contributed by atoms with Gasteiger partial charge in [0, 0.05) is 19.5 Å². The van der Waals surface area contributed by atoms with Crippen molar-refractivity contribution in [3.8, 4) is 0 Å². The summed E-state index contributed by atoms with van der Waals surface area (Å²) >= 11 is 0.